The molecule has 0 spiro atoms. The van der Waals surface area contributed by atoms with Crippen molar-refractivity contribution in [3.05, 3.63) is 90.6 Å². The van der Waals surface area contributed by atoms with Gasteiger partial charge in [0.05, 0.1) is 16.3 Å². The van der Waals surface area contributed by atoms with Crippen LogP contribution in [0.1, 0.15) is 12.1 Å². The number of sulfonamides is 1. The Kier molecular flexibility index (Phi) is 7.14. The molecule has 0 unspecified atom stereocenters. The van der Waals surface area contributed by atoms with E-state index >= 15 is 0 Å². The molecule has 0 aliphatic carbocycles. The Morgan fingerprint density at radius 1 is 0.812 bits per heavy atom. The summed E-state index contributed by atoms with van der Waals surface area (Å²) in [6, 6.07) is 23.5. The van der Waals surface area contributed by atoms with Crippen LogP contribution in [-0.2, 0) is 10.0 Å². The molecule has 6 nitrogen and oxygen atoms in total. The van der Waals surface area contributed by atoms with E-state index in [2.05, 4.69) is 10.8 Å². The number of aromatic nitrogens is 2. The Balaban J connectivity index is 0.00000141. The van der Waals surface area contributed by atoms with Gasteiger partial charge in [0.15, 0.2) is 0 Å². The van der Waals surface area contributed by atoms with Gasteiger partial charge in [-0.15, -0.1) is 0 Å². The molecule has 1 aromatic heterocycles. The lowest BCUT2D eigenvalue weighted by Gasteiger charge is -2.11. The second kappa shape index (κ2) is 9.82. The van der Waals surface area contributed by atoms with Gasteiger partial charge < -0.3 is 5.73 Å². The van der Waals surface area contributed by atoms with E-state index in [1.54, 1.807) is 54.6 Å². The van der Waals surface area contributed by atoms with Crippen molar-refractivity contribution in [1.82, 2.24) is 9.78 Å². The molecule has 0 aliphatic heterocycles. The molecule has 3 aromatic carbocycles. The molecule has 4 N–H and O–H groups in total. The van der Waals surface area contributed by atoms with E-state index in [-0.39, 0.29) is 16.2 Å². The third kappa shape index (κ3) is 4.75. The van der Waals surface area contributed by atoms with Crippen LogP contribution in [0.2, 0.25) is 0 Å². The molecule has 0 saturated heterocycles. The fourth-order valence-electron chi connectivity index (χ4n) is 3.30. The summed E-state index contributed by atoms with van der Waals surface area (Å²) in [6.07, 6.45) is -2.80. The van der Waals surface area contributed by atoms with E-state index in [0.717, 1.165) is 0 Å². The molecule has 0 radical (unpaired) electrons. The highest BCUT2D eigenvalue weighted by Crippen LogP contribution is 2.40. The predicted molar refractivity (Wildman–Crippen MR) is 121 cm³/mol. The van der Waals surface area contributed by atoms with Crippen LogP contribution in [-0.4, -0.2) is 25.2 Å². The summed E-state index contributed by atoms with van der Waals surface area (Å²) in [5.41, 5.74) is 6.59. The van der Waals surface area contributed by atoms with Crippen LogP contribution < -0.4 is 10.9 Å². The number of hydrogen-bond donors (Lipinski definition) is 2. The minimum atomic E-state index is -3.88. The molecule has 9 heteroatoms. The van der Waals surface area contributed by atoms with Crippen molar-refractivity contribution < 1.29 is 17.2 Å². The van der Waals surface area contributed by atoms with Crippen molar-refractivity contribution in [2.75, 3.05) is 7.05 Å². The average Bonchev–Trinajstić information content (AvgIpc) is 3.22. The molecule has 4 rings (SSSR count). The van der Waals surface area contributed by atoms with E-state index in [0.29, 0.717) is 22.5 Å². The zero-order valence-corrected chi connectivity index (χ0v) is 18.0. The fourth-order valence-corrected chi connectivity index (χ4v) is 3.82. The highest BCUT2D eigenvalue weighted by molar-refractivity contribution is 7.89. The number of nitrogens with two attached hydrogens (primary N) is 2. The van der Waals surface area contributed by atoms with Crippen LogP contribution in [0.4, 0.5) is 8.78 Å². The van der Waals surface area contributed by atoms with Crippen molar-refractivity contribution in [2.24, 2.45) is 10.9 Å². The summed E-state index contributed by atoms with van der Waals surface area (Å²) in [5, 5.41) is 9.41. The van der Waals surface area contributed by atoms with Crippen molar-refractivity contribution >= 4 is 10.0 Å². The molecule has 0 aliphatic rings. The van der Waals surface area contributed by atoms with Crippen molar-refractivity contribution in [1.29, 1.82) is 0 Å². The Bertz CT molecular complexity index is 1280. The van der Waals surface area contributed by atoms with Crippen LogP contribution in [0.3, 0.4) is 0 Å². The smallest absolute Gasteiger partial charge is 0.282 e. The number of para-hydroxylation sites is 1. The number of halogens is 2. The normalized spacial score (nSPS) is 11.2. The molecule has 166 valence electrons. The molecular formula is C23H22F2N4O2S. The summed E-state index contributed by atoms with van der Waals surface area (Å²) in [6.45, 7) is 0. The van der Waals surface area contributed by atoms with E-state index in [1.165, 1.54) is 36.0 Å². The first-order chi connectivity index (χ1) is 15.4. The lowest BCUT2D eigenvalue weighted by Crippen LogP contribution is -2.11. The van der Waals surface area contributed by atoms with E-state index in [1.807, 2.05) is 6.07 Å². The number of rotatable bonds is 5. The monoisotopic (exact) mass is 456 g/mol. The van der Waals surface area contributed by atoms with Gasteiger partial charge in [-0.3, -0.25) is 0 Å². The minimum absolute atomic E-state index is 0.0626. The van der Waals surface area contributed by atoms with Crippen molar-refractivity contribution in [3.63, 3.8) is 0 Å². The van der Waals surface area contributed by atoms with Gasteiger partial charge in [-0.1, -0.05) is 60.7 Å². The fraction of sp³-hybridized carbons (Fsp3) is 0.0870. The standard InChI is InChI=1S/C22H17F2N3O2S.CH5N/c23-22(24)20-19(15-7-3-1-4-8-15)21(27(26-20)17-9-5-2-6-10-17)16-11-13-18(14-12-16)30(25,28)29;1-2/h1-14,22H,(H2,25,28,29);2H2,1H3. The Morgan fingerprint density at radius 3 is 1.84 bits per heavy atom. The van der Waals surface area contributed by atoms with Crippen molar-refractivity contribution in [3.8, 4) is 28.1 Å². The molecule has 32 heavy (non-hydrogen) atoms. The number of benzene rings is 3. The summed E-state index contributed by atoms with van der Waals surface area (Å²) in [4.78, 5) is -0.0626. The third-order valence-electron chi connectivity index (χ3n) is 4.64. The van der Waals surface area contributed by atoms with Gasteiger partial charge in [-0.05, 0) is 36.9 Å². The first-order valence-corrected chi connectivity index (χ1v) is 11.1. The second-order valence-corrected chi connectivity index (χ2v) is 8.15. The Hall–Kier alpha value is -3.40. The second-order valence-electron chi connectivity index (χ2n) is 6.59. The maximum absolute atomic E-state index is 14.0. The molecule has 4 aromatic rings. The lowest BCUT2D eigenvalue weighted by atomic mass is 9.98. The highest BCUT2D eigenvalue weighted by atomic mass is 32.2. The van der Waals surface area contributed by atoms with Gasteiger partial charge in [0.2, 0.25) is 10.0 Å². The van der Waals surface area contributed by atoms with Crippen LogP contribution in [0.5, 0.6) is 0 Å². The van der Waals surface area contributed by atoms with E-state index in [4.69, 9.17) is 5.14 Å². The third-order valence-corrected chi connectivity index (χ3v) is 5.57. The molecule has 0 fully saturated rings. The quantitative estimate of drug-likeness (QED) is 0.465. The van der Waals surface area contributed by atoms with Crippen LogP contribution in [0, 0.1) is 0 Å². The topological polar surface area (TPSA) is 104 Å². The molecule has 0 amide bonds. The summed E-state index contributed by atoms with van der Waals surface area (Å²) >= 11 is 0. The lowest BCUT2D eigenvalue weighted by molar-refractivity contribution is 0.146. The van der Waals surface area contributed by atoms with E-state index < -0.39 is 16.4 Å². The first kappa shape index (κ1) is 23.3. The number of alkyl halides is 2. The van der Waals surface area contributed by atoms with Crippen LogP contribution in [0.15, 0.2) is 89.8 Å². The Morgan fingerprint density at radius 2 is 1.34 bits per heavy atom. The molecule has 0 atom stereocenters. The first-order valence-electron chi connectivity index (χ1n) is 9.59. The van der Waals surface area contributed by atoms with Crippen LogP contribution >= 0.6 is 0 Å². The maximum Gasteiger partial charge on any atom is 0.282 e. The molecule has 1 heterocycles. The van der Waals surface area contributed by atoms with Crippen molar-refractivity contribution in [2.45, 2.75) is 11.3 Å². The summed E-state index contributed by atoms with van der Waals surface area (Å²) < 4.78 is 52.7. The summed E-state index contributed by atoms with van der Waals surface area (Å²) in [5.74, 6) is 0. The van der Waals surface area contributed by atoms with Gasteiger partial charge >= 0.3 is 0 Å². The molecular weight excluding hydrogens is 434 g/mol. The zero-order valence-electron chi connectivity index (χ0n) is 17.2. The average molecular weight is 457 g/mol. The highest BCUT2D eigenvalue weighted by Gasteiger charge is 2.27. The number of hydrogen-bond acceptors (Lipinski definition) is 4. The number of primary sulfonamides is 1. The van der Waals surface area contributed by atoms with Gasteiger partial charge in [-0.2, -0.15) is 5.10 Å². The largest absolute Gasteiger partial charge is 0.333 e. The SMILES string of the molecule is CN.NS(=O)(=O)c1ccc(-c2c(-c3ccccc3)c(C(F)F)nn2-c2ccccc2)cc1. The predicted octanol–water partition coefficient (Wildman–Crippen LogP) is 4.37. The maximum atomic E-state index is 14.0. The zero-order chi connectivity index (χ0) is 23.3. The minimum Gasteiger partial charge on any atom is -0.333 e. The van der Waals surface area contributed by atoms with Gasteiger partial charge in [0.1, 0.15) is 5.69 Å². The number of nitrogens with zero attached hydrogens (tertiary/aromatic N) is 2. The van der Waals surface area contributed by atoms with Gasteiger partial charge in [-0.25, -0.2) is 27.0 Å². The van der Waals surface area contributed by atoms with Gasteiger partial charge in [0.25, 0.3) is 6.43 Å². The van der Waals surface area contributed by atoms with E-state index in [9.17, 15) is 17.2 Å². The van der Waals surface area contributed by atoms with Gasteiger partial charge in [0, 0.05) is 11.1 Å². The molecule has 0 saturated carbocycles. The van der Waals surface area contributed by atoms with Crippen LogP contribution in [0.25, 0.3) is 28.1 Å². The summed E-state index contributed by atoms with van der Waals surface area (Å²) in [7, 11) is -2.38. The molecule has 0 bridgehead atoms. The Labute approximate surface area is 185 Å².